The van der Waals surface area contributed by atoms with Crippen molar-refractivity contribution in [3.8, 4) is 0 Å². The molecule has 1 aromatic heterocycles. The lowest BCUT2D eigenvalue weighted by Gasteiger charge is -2.38. The minimum absolute atomic E-state index is 0.0392. The van der Waals surface area contributed by atoms with E-state index in [1.807, 2.05) is 6.92 Å². The van der Waals surface area contributed by atoms with Crippen molar-refractivity contribution < 1.29 is 14.3 Å². The van der Waals surface area contributed by atoms with Crippen molar-refractivity contribution in [1.29, 1.82) is 0 Å². The predicted octanol–water partition coefficient (Wildman–Crippen LogP) is 4.81. The second kappa shape index (κ2) is 10.0. The Morgan fingerprint density at radius 1 is 1.27 bits per heavy atom. The van der Waals surface area contributed by atoms with Crippen molar-refractivity contribution in [3.63, 3.8) is 0 Å². The highest BCUT2D eigenvalue weighted by molar-refractivity contribution is 7.04. The Kier molecular flexibility index (Phi) is 7.94. The Morgan fingerprint density at radius 2 is 2.00 bits per heavy atom. The fourth-order valence-electron chi connectivity index (χ4n) is 5.04. The third-order valence-electron chi connectivity index (χ3n) is 7.94. The lowest BCUT2D eigenvalue weighted by atomic mass is 9.65. The maximum atomic E-state index is 13.7. The van der Waals surface area contributed by atoms with Crippen LogP contribution in [0.25, 0.3) is 0 Å². The summed E-state index contributed by atoms with van der Waals surface area (Å²) in [6, 6.07) is 0. The van der Waals surface area contributed by atoms with Gasteiger partial charge in [-0.3, -0.25) is 13.5 Å². The van der Waals surface area contributed by atoms with E-state index in [0.29, 0.717) is 19.4 Å². The molecule has 2 unspecified atom stereocenters. The monoisotopic (exact) mass is 477 g/mol. The van der Waals surface area contributed by atoms with E-state index in [2.05, 4.69) is 57.0 Å². The predicted molar refractivity (Wildman–Crippen MR) is 133 cm³/mol. The first-order valence-electron chi connectivity index (χ1n) is 12.6. The molecule has 6 nitrogen and oxygen atoms in total. The summed E-state index contributed by atoms with van der Waals surface area (Å²) in [4.78, 5) is 31.4. The second-order valence-corrected chi connectivity index (χ2v) is 12.6. The molecule has 1 saturated heterocycles. The molecule has 1 aromatic rings. The zero-order valence-electron chi connectivity index (χ0n) is 21.6. The third kappa shape index (κ3) is 5.45. The zero-order chi connectivity index (χ0) is 24.4. The van der Waals surface area contributed by atoms with Gasteiger partial charge in [-0.1, -0.05) is 34.1 Å². The molecule has 1 aliphatic heterocycles. The molecule has 1 saturated carbocycles. The van der Waals surface area contributed by atoms with Crippen molar-refractivity contribution in [2.75, 3.05) is 13.2 Å². The molecule has 0 radical (unpaired) electrons. The molecule has 0 bridgehead atoms. The highest BCUT2D eigenvalue weighted by Crippen LogP contribution is 2.56. The molecule has 3 atom stereocenters. The summed E-state index contributed by atoms with van der Waals surface area (Å²) in [6.45, 7) is 16.1. The minimum Gasteiger partial charge on any atom is -0.376 e. The van der Waals surface area contributed by atoms with Crippen molar-refractivity contribution >= 4 is 23.3 Å². The van der Waals surface area contributed by atoms with Crippen LogP contribution in [0.3, 0.4) is 0 Å². The topological polar surface area (TPSA) is 72.7 Å². The van der Waals surface area contributed by atoms with Crippen LogP contribution in [0.1, 0.15) is 92.6 Å². The van der Waals surface area contributed by atoms with Crippen molar-refractivity contribution in [1.82, 2.24) is 9.27 Å². The van der Waals surface area contributed by atoms with Gasteiger partial charge in [0.05, 0.1) is 11.5 Å². The molecule has 2 amide bonds. The van der Waals surface area contributed by atoms with Gasteiger partial charge in [0.2, 0.25) is 5.91 Å². The van der Waals surface area contributed by atoms with Gasteiger partial charge in [-0.15, -0.1) is 0 Å². The van der Waals surface area contributed by atoms with E-state index < -0.39 is 10.8 Å². The molecule has 1 aliphatic carbocycles. The van der Waals surface area contributed by atoms with Crippen molar-refractivity contribution in [2.45, 2.75) is 105 Å². The Balaban J connectivity index is 1.82. The number of hydrogen-bond donors (Lipinski definition) is 1. The summed E-state index contributed by atoms with van der Waals surface area (Å²) in [7, 11) is 0. The van der Waals surface area contributed by atoms with Crippen LogP contribution in [0.2, 0.25) is 0 Å². The van der Waals surface area contributed by atoms with Crippen LogP contribution < -0.4 is 9.99 Å². The lowest BCUT2D eigenvalue weighted by molar-refractivity contribution is -0.136. The van der Waals surface area contributed by atoms with E-state index in [4.69, 9.17) is 9.73 Å². The number of nitrogens with one attached hydrogen (secondary N) is 1. The summed E-state index contributed by atoms with van der Waals surface area (Å²) in [6.07, 6.45) is 8.83. The molecular formula is C26H43N3O3S. The average molecular weight is 478 g/mol. The first-order chi connectivity index (χ1) is 15.4. The molecule has 1 N–H and O–H groups in total. The molecular weight excluding hydrogens is 434 g/mol. The van der Waals surface area contributed by atoms with Gasteiger partial charge >= 0.3 is 0 Å². The molecule has 33 heavy (non-hydrogen) atoms. The number of nitrogens with zero attached hydrogens (tertiary/aromatic N) is 2. The molecule has 186 valence electrons. The van der Waals surface area contributed by atoms with Gasteiger partial charge in [-0.05, 0) is 76.2 Å². The normalized spacial score (nSPS) is 27.8. The summed E-state index contributed by atoms with van der Waals surface area (Å²) < 4.78 is 8.67. The van der Waals surface area contributed by atoms with E-state index in [1.54, 1.807) is 11.5 Å². The van der Waals surface area contributed by atoms with E-state index in [0.717, 1.165) is 48.9 Å². The highest BCUT2D eigenvalue weighted by Gasteiger charge is 2.58. The maximum Gasteiger partial charge on any atom is 0.253 e. The van der Waals surface area contributed by atoms with E-state index in [1.165, 1.54) is 0 Å². The van der Waals surface area contributed by atoms with Gasteiger partial charge in [0.1, 0.15) is 4.67 Å². The standard InChI is InChI=1S/C26H43N3O3S/c1-8-9-11-18-17-29(24(2,3)4)33-22(18)28-23(31)26(7)14-13-20(25(26,5)6)21(30)27-16-19-12-10-15-32-19/h17,19-20H,8-16H2,1-7H3,(H,27,30)/b28-22-/t19-,20?,26?/m0/s1. The van der Waals surface area contributed by atoms with Crippen molar-refractivity contribution in [3.05, 3.63) is 16.4 Å². The van der Waals surface area contributed by atoms with Gasteiger partial charge in [-0.2, -0.15) is 0 Å². The van der Waals surface area contributed by atoms with E-state index in [9.17, 15) is 9.59 Å². The van der Waals surface area contributed by atoms with Gasteiger partial charge < -0.3 is 10.1 Å². The average Bonchev–Trinajstić information content (AvgIpc) is 3.44. The molecule has 0 spiro atoms. The number of ether oxygens (including phenoxy) is 1. The second-order valence-electron chi connectivity index (χ2n) is 11.6. The summed E-state index contributed by atoms with van der Waals surface area (Å²) in [5, 5.41) is 3.09. The molecule has 2 heterocycles. The number of hydrogen-bond acceptors (Lipinski definition) is 4. The number of amides is 2. The molecule has 7 heteroatoms. The van der Waals surface area contributed by atoms with Crippen LogP contribution in [0, 0.1) is 16.7 Å². The Bertz CT molecular complexity index is 918. The first kappa shape index (κ1) is 26.1. The quantitative estimate of drug-likeness (QED) is 0.612. The van der Waals surface area contributed by atoms with Crippen LogP contribution in [0.5, 0.6) is 0 Å². The number of aryl methyl sites for hydroxylation is 1. The minimum atomic E-state index is -0.669. The van der Waals surface area contributed by atoms with Crippen molar-refractivity contribution in [2.24, 2.45) is 21.7 Å². The fourth-order valence-corrected chi connectivity index (χ4v) is 6.07. The number of rotatable bonds is 7. The molecule has 2 aliphatic rings. The number of carbonyl (C=O) groups excluding carboxylic acids is 2. The molecule has 2 fully saturated rings. The summed E-state index contributed by atoms with van der Waals surface area (Å²) >= 11 is 1.57. The SMILES string of the molecule is CCCCc1cn(C(C)(C)C)s/c1=N\C(=O)C1(C)CCC(C(=O)NC[C@@H]2CCCO2)C1(C)C. The van der Waals surface area contributed by atoms with E-state index >= 15 is 0 Å². The summed E-state index contributed by atoms with van der Waals surface area (Å²) in [5.74, 6) is -0.259. The lowest BCUT2D eigenvalue weighted by Crippen LogP contribution is -2.46. The molecule has 0 aromatic carbocycles. The number of carbonyl (C=O) groups is 2. The molecule has 3 rings (SSSR count). The van der Waals surface area contributed by atoms with Crippen LogP contribution in [-0.4, -0.2) is 35.0 Å². The Labute approximate surface area is 203 Å². The first-order valence-corrected chi connectivity index (χ1v) is 13.4. The van der Waals surface area contributed by atoms with Gasteiger partial charge in [0, 0.05) is 36.4 Å². The van der Waals surface area contributed by atoms with Crippen LogP contribution in [0.4, 0.5) is 0 Å². The fraction of sp³-hybridized carbons (Fsp3) is 0.808. The Hall–Kier alpha value is -1.47. The van der Waals surface area contributed by atoms with Gasteiger partial charge in [0.15, 0.2) is 0 Å². The van der Waals surface area contributed by atoms with Gasteiger partial charge in [-0.25, -0.2) is 4.99 Å². The number of unbranched alkanes of at least 4 members (excludes halogenated alkanes) is 1. The van der Waals surface area contributed by atoms with Gasteiger partial charge in [0.25, 0.3) is 5.91 Å². The third-order valence-corrected chi connectivity index (χ3v) is 9.32. The zero-order valence-corrected chi connectivity index (χ0v) is 22.4. The summed E-state index contributed by atoms with van der Waals surface area (Å²) in [5.41, 5.74) is -0.0482. The van der Waals surface area contributed by atoms with Crippen LogP contribution >= 0.6 is 11.5 Å². The maximum absolute atomic E-state index is 13.7. The largest absolute Gasteiger partial charge is 0.376 e. The van der Waals surface area contributed by atoms with Crippen LogP contribution in [0.15, 0.2) is 11.2 Å². The Morgan fingerprint density at radius 3 is 2.61 bits per heavy atom. The number of aromatic nitrogens is 1. The smallest absolute Gasteiger partial charge is 0.253 e. The van der Waals surface area contributed by atoms with Crippen LogP contribution in [-0.2, 0) is 26.3 Å². The highest BCUT2D eigenvalue weighted by atomic mass is 32.1. The van der Waals surface area contributed by atoms with E-state index in [-0.39, 0.29) is 29.4 Å².